The van der Waals surface area contributed by atoms with Gasteiger partial charge >= 0.3 is 5.97 Å². The van der Waals surface area contributed by atoms with Gasteiger partial charge < -0.3 is 9.47 Å². The third-order valence-electron chi connectivity index (χ3n) is 5.74. The van der Waals surface area contributed by atoms with Crippen molar-refractivity contribution in [1.29, 1.82) is 0 Å². The van der Waals surface area contributed by atoms with E-state index in [1.165, 1.54) is 31.4 Å². The molecule has 0 fully saturated rings. The van der Waals surface area contributed by atoms with Crippen molar-refractivity contribution in [3.63, 3.8) is 0 Å². The van der Waals surface area contributed by atoms with E-state index in [-0.39, 0.29) is 17.2 Å². The van der Waals surface area contributed by atoms with E-state index in [0.29, 0.717) is 16.9 Å². The lowest BCUT2D eigenvalue weighted by Gasteiger charge is -2.37. The van der Waals surface area contributed by atoms with Crippen molar-refractivity contribution in [2.45, 2.75) is 5.60 Å². The number of carbonyl (C=O) groups is 1. The molecule has 0 radical (unpaired) electrons. The maximum absolute atomic E-state index is 13.7. The van der Waals surface area contributed by atoms with Gasteiger partial charge in [0, 0.05) is 16.7 Å². The largest absolute Gasteiger partial charge is 0.472 e. The van der Waals surface area contributed by atoms with Gasteiger partial charge in [0.05, 0.1) is 7.11 Å². The van der Waals surface area contributed by atoms with E-state index < -0.39 is 11.6 Å². The lowest BCUT2D eigenvalue weighted by Crippen LogP contribution is -2.35. The Labute approximate surface area is 183 Å². The molecule has 4 aromatic carbocycles. The molecule has 1 heterocycles. The van der Waals surface area contributed by atoms with Crippen LogP contribution in [0.2, 0.25) is 0 Å². The number of hydrogen-bond donors (Lipinski definition) is 0. The Kier molecular flexibility index (Phi) is 4.74. The predicted octanol–water partition coefficient (Wildman–Crippen LogP) is 6.25. The first-order valence-corrected chi connectivity index (χ1v) is 10.1. The first kappa shape index (κ1) is 19.9. The second-order valence-electron chi connectivity index (χ2n) is 7.56. The van der Waals surface area contributed by atoms with Gasteiger partial charge in [0.25, 0.3) is 0 Å². The summed E-state index contributed by atoms with van der Waals surface area (Å²) < 4.78 is 39.0. The molecule has 1 aliphatic rings. The van der Waals surface area contributed by atoms with Crippen LogP contribution >= 0.6 is 0 Å². The highest BCUT2D eigenvalue weighted by atomic mass is 19.1. The lowest BCUT2D eigenvalue weighted by molar-refractivity contribution is 0.0589. The topological polar surface area (TPSA) is 35.5 Å². The Bertz CT molecular complexity index is 1310. The van der Waals surface area contributed by atoms with Gasteiger partial charge in [-0.15, -0.1) is 0 Å². The molecule has 3 nitrogen and oxygen atoms in total. The molecule has 5 rings (SSSR count). The Morgan fingerprint density at radius 3 is 2.06 bits per heavy atom. The Morgan fingerprint density at radius 1 is 0.875 bits per heavy atom. The second kappa shape index (κ2) is 7.61. The van der Waals surface area contributed by atoms with Crippen LogP contribution in [0.15, 0.2) is 84.9 Å². The molecule has 0 N–H and O–H groups in total. The number of fused-ring (bicyclic) bond motifs is 3. The summed E-state index contributed by atoms with van der Waals surface area (Å²) in [5.74, 6) is -0.949. The van der Waals surface area contributed by atoms with Gasteiger partial charge in [0.1, 0.15) is 22.9 Å². The summed E-state index contributed by atoms with van der Waals surface area (Å²) in [5.41, 5.74) is 1.09. The maximum atomic E-state index is 13.7. The molecule has 0 spiro atoms. The zero-order valence-corrected chi connectivity index (χ0v) is 17.1. The van der Waals surface area contributed by atoms with Crippen LogP contribution in [-0.2, 0) is 10.3 Å². The predicted molar refractivity (Wildman–Crippen MR) is 119 cm³/mol. The number of carbonyl (C=O) groups excluding carboxylic acids is 1. The molecule has 0 atom stereocenters. The Morgan fingerprint density at radius 2 is 1.47 bits per heavy atom. The van der Waals surface area contributed by atoms with E-state index in [0.717, 1.165) is 16.3 Å². The summed E-state index contributed by atoms with van der Waals surface area (Å²) in [7, 11) is 1.32. The van der Waals surface area contributed by atoms with Crippen molar-refractivity contribution in [3.8, 4) is 5.75 Å². The number of ether oxygens (including phenoxy) is 2. The molecule has 0 saturated heterocycles. The fourth-order valence-corrected chi connectivity index (χ4v) is 4.16. The van der Waals surface area contributed by atoms with E-state index in [2.05, 4.69) is 0 Å². The van der Waals surface area contributed by atoms with Crippen LogP contribution < -0.4 is 4.74 Å². The summed E-state index contributed by atoms with van der Waals surface area (Å²) in [6.45, 7) is 0. The number of methoxy groups -OCH3 is 1. The molecular weight excluding hydrogens is 410 g/mol. The molecule has 32 heavy (non-hydrogen) atoms. The maximum Gasteiger partial charge on any atom is 0.341 e. The number of rotatable bonds is 3. The SMILES string of the molecule is COC(=O)c1cc2ccccc2c2c1OC(c1ccc(F)cc1)(c1ccc(F)cc1)C=C2. The van der Waals surface area contributed by atoms with E-state index in [4.69, 9.17) is 9.47 Å². The van der Waals surface area contributed by atoms with Gasteiger partial charge in [-0.2, -0.15) is 0 Å². The van der Waals surface area contributed by atoms with E-state index in [1.807, 2.05) is 36.4 Å². The van der Waals surface area contributed by atoms with Gasteiger partial charge in [-0.25, -0.2) is 13.6 Å². The van der Waals surface area contributed by atoms with Crippen molar-refractivity contribution >= 4 is 22.8 Å². The van der Waals surface area contributed by atoms with Crippen LogP contribution in [0.1, 0.15) is 27.0 Å². The van der Waals surface area contributed by atoms with Gasteiger partial charge in [0.15, 0.2) is 5.60 Å². The van der Waals surface area contributed by atoms with Gasteiger partial charge in [-0.1, -0.05) is 48.5 Å². The average molecular weight is 428 g/mol. The molecule has 0 amide bonds. The summed E-state index contributed by atoms with van der Waals surface area (Å²) >= 11 is 0. The van der Waals surface area contributed by atoms with Crippen LogP contribution in [0.3, 0.4) is 0 Å². The molecule has 0 saturated carbocycles. The first-order chi connectivity index (χ1) is 15.5. The number of esters is 1. The zero-order valence-electron chi connectivity index (χ0n) is 17.1. The van der Waals surface area contributed by atoms with E-state index in [1.54, 1.807) is 30.3 Å². The van der Waals surface area contributed by atoms with Crippen molar-refractivity contribution in [2.75, 3.05) is 7.11 Å². The number of benzene rings is 4. The lowest BCUT2D eigenvalue weighted by atomic mass is 9.82. The molecule has 5 heteroatoms. The molecular formula is C27H18F2O3. The third-order valence-corrected chi connectivity index (χ3v) is 5.74. The van der Waals surface area contributed by atoms with Gasteiger partial charge in [-0.3, -0.25) is 0 Å². The summed E-state index contributed by atoms with van der Waals surface area (Å²) in [4.78, 5) is 12.7. The van der Waals surface area contributed by atoms with Gasteiger partial charge in [-0.05, 0) is 53.3 Å². The molecule has 0 unspecified atom stereocenters. The standard InChI is InChI=1S/C27H18F2O3/c1-31-26(30)24-16-17-4-2-3-5-22(17)23-14-15-27(32-25(23)24,18-6-10-20(28)11-7-18)19-8-12-21(29)13-9-19/h2-16H,1H3. The molecule has 158 valence electrons. The molecule has 4 aromatic rings. The fraction of sp³-hybridized carbons (Fsp3) is 0.0741. The van der Waals surface area contributed by atoms with Crippen LogP contribution in [0.5, 0.6) is 5.75 Å². The van der Waals surface area contributed by atoms with Crippen LogP contribution in [0.25, 0.3) is 16.8 Å². The number of hydrogen-bond acceptors (Lipinski definition) is 3. The Hall–Kier alpha value is -3.99. The highest BCUT2D eigenvalue weighted by Crippen LogP contribution is 2.46. The quantitative estimate of drug-likeness (QED) is 0.362. The monoisotopic (exact) mass is 428 g/mol. The Balaban J connectivity index is 1.80. The normalized spacial score (nSPS) is 14.0. The molecule has 0 bridgehead atoms. The fourth-order valence-electron chi connectivity index (χ4n) is 4.16. The van der Waals surface area contributed by atoms with Crippen molar-refractivity contribution in [1.82, 2.24) is 0 Å². The molecule has 0 aromatic heterocycles. The van der Waals surface area contributed by atoms with Crippen LogP contribution in [0, 0.1) is 11.6 Å². The highest BCUT2D eigenvalue weighted by Gasteiger charge is 2.39. The van der Waals surface area contributed by atoms with Crippen LogP contribution in [-0.4, -0.2) is 13.1 Å². The highest BCUT2D eigenvalue weighted by molar-refractivity contribution is 6.03. The average Bonchev–Trinajstić information content (AvgIpc) is 2.83. The minimum Gasteiger partial charge on any atom is -0.472 e. The van der Waals surface area contributed by atoms with E-state index >= 15 is 0 Å². The smallest absolute Gasteiger partial charge is 0.341 e. The van der Waals surface area contributed by atoms with Crippen molar-refractivity contribution < 1.29 is 23.0 Å². The first-order valence-electron chi connectivity index (χ1n) is 10.1. The summed E-state index contributed by atoms with van der Waals surface area (Å²) in [5, 5.41) is 1.79. The van der Waals surface area contributed by atoms with Crippen molar-refractivity contribution in [3.05, 3.63) is 119 Å². The summed E-state index contributed by atoms with van der Waals surface area (Å²) in [6, 6.07) is 21.2. The van der Waals surface area contributed by atoms with Crippen LogP contribution in [0.4, 0.5) is 8.78 Å². The van der Waals surface area contributed by atoms with Crippen molar-refractivity contribution in [2.24, 2.45) is 0 Å². The van der Waals surface area contributed by atoms with E-state index in [9.17, 15) is 13.6 Å². The third kappa shape index (κ3) is 3.14. The minimum absolute atomic E-state index is 0.277. The summed E-state index contributed by atoms with van der Waals surface area (Å²) in [6.07, 6.45) is 3.74. The second-order valence-corrected chi connectivity index (χ2v) is 7.56. The minimum atomic E-state index is -1.19. The zero-order chi connectivity index (χ0) is 22.3. The molecule has 1 aliphatic heterocycles. The van der Waals surface area contributed by atoms with Gasteiger partial charge in [0.2, 0.25) is 0 Å². The molecule has 0 aliphatic carbocycles. The number of halogens is 2.